The predicted octanol–water partition coefficient (Wildman–Crippen LogP) is 6.35. The van der Waals surface area contributed by atoms with Crippen LogP contribution in [-0.4, -0.2) is 21.7 Å². The summed E-state index contributed by atoms with van der Waals surface area (Å²) in [6.45, 7) is 5.40. The van der Waals surface area contributed by atoms with Crippen molar-refractivity contribution in [3.8, 4) is 22.7 Å². The Morgan fingerprint density at radius 3 is 2.35 bits per heavy atom. The number of esters is 1. The number of carbonyl (C=O) groups excluding carboxylic acids is 2. The Bertz CT molecular complexity index is 1340. The lowest BCUT2D eigenvalue weighted by Crippen LogP contribution is -2.11. The monoisotopic (exact) mass is 517 g/mol. The van der Waals surface area contributed by atoms with Gasteiger partial charge in [-0.1, -0.05) is 58.7 Å². The number of halogens is 1. The minimum absolute atomic E-state index is 0.198. The molecule has 1 heterocycles. The first kappa shape index (κ1) is 23.4. The third-order valence-corrected chi connectivity index (χ3v) is 5.78. The molecule has 0 unspecified atom stereocenters. The zero-order valence-electron chi connectivity index (χ0n) is 19.1. The fourth-order valence-electron chi connectivity index (χ4n) is 3.63. The molecule has 0 saturated carbocycles. The second-order valence-corrected chi connectivity index (χ2v) is 8.78. The van der Waals surface area contributed by atoms with Gasteiger partial charge in [0.05, 0.1) is 16.9 Å². The van der Waals surface area contributed by atoms with E-state index in [0.29, 0.717) is 23.6 Å². The lowest BCUT2D eigenvalue weighted by Gasteiger charge is -2.10. The van der Waals surface area contributed by atoms with Crippen molar-refractivity contribution >= 4 is 33.5 Å². The number of aromatic nitrogens is 2. The third kappa shape index (κ3) is 5.10. The van der Waals surface area contributed by atoms with Crippen LogP contribution in [0.3, 0.4) is 0 Å². The Morgan fingerprint density at radius 2 is 1.74 bits per heavy atom. The fraction of sp³-hybridized carbons (Fsp3) is 0.148. The van der Waals surface area contributed by atoms with E-state index >= 15 is 0 Å². The fourth-order valence-corrected chi connectivity index (χ4v) is 4.03. The summed E-state index contributed by atoms with van der Waals surface area (Å²) in [5.41, 5.74) is 5.55. The number of hydrogen-bond donors (Lipinski definition) is 1. The maximum Gasteiger partial charge on any atom is 0.309 e. The topological polar surface area (TPSA) is 73.2 Å². The Morgan fingerprint density at radius 1 is 1.03 bits per heavy atom. The number of carbonyl (C=O) groups is 2. The molecule has 4 aromatic rings. The molecule has 4 rings (SSSR count). The summed E-state index contributed by atoms with van der Waals surface area (Å²) in [5, 5.41) is 7.65. The van der Waals surface area contributed by atoms with E-state index in [1.54, 1.807) is 16.8 Å². The highest BCUT2D eigenvalue weighted by atomic mass is 79.9. The van der Waals surface area contributed by atoms with Crippen molar-refractivity contribution in [2.45, 2.75) is 27.2 Å². The molecular formula is C27H24BrN3O3. The molecule has 0 saturated heterocycles. The molecule has 0 fully saturated rings. The number of hydrogen-bond acceptors (Lipinski definition) is 4. The van der Waals surface area contributed by atoms with Gasteiger partial charge in [0.1, 0.15) is 0 Å². The molecule has 1 N–H and O–H groups in total. The number of aryl methyl sites for hydroxylation is 2. The number of rotatable bonds is 6. The van der Waals surface area contributed by atoms with Gasteiger partial charge in [0, 0.05) is 22.6 Å². The van der Waals surface area contributed by atoms with Crippen molar-refractivity contribution in [1.82, 2.24) is 9.78 Å². The average molecular weight is 518 g/mol. The molecule has 1 amide bonds. The SMILES string of the molecule is CCc1nn(-c2ccc(C)cc2)c(OC(C)=O)c1-c1ccc(NC(=O)c2cccc(Br)c2)cc1. The third-order valence-electron chi connectivity index (χ3n) is 5.29. The minimum Gasteiger partial charge on any atom is -0.407 e. The zero-order chi connectivity index (χ0) is 24.2. The van der Waals surface area contributed by atoms with E-state index in [0.717, 1.165) is 32.5 Å². The molecule has 34 heavy (non-hydrogen) atoms. The van der Waals surface area contributed by atoms with E-state index in [2.05, 4.69) is 21.2 Å². The van der Waals surface area contributed by atoms with Gasteiger partial charge in [-0.3, -0.25) is 9.59 Å². The summed E-state index contributed by atoms with van der Waals surface area (Å²) >= 11 is 3.39. The summed E-state index contributed by atoms with van der Waals surface area (Å²) < 4.78 is 8.15. The molecule has 0 aliphatic rings. The van der Waals surface area contributed by atoms with E-state index in [1.165, 1.54) is 6.92 Å². The van der Waals surface area contributed by atoms with Crippen LogP contribution in [0.25, 0.3) is 16.8 Å². The normalized spacial score (nSPS) is 10.7. The first-order valence-electron chi connectivity index (χ1n) is 10.9. The van der Waals surface area contributed by atoms with Crippen LogP contribution in [0, 0.1) is 6.92 Å². The van der Waals surface area contributed by atoms with Crippen molar-refractivity contribution in [2.24, 2.45) is 0 Å². The van der Waals surface area contributed by atoms with Crippen LogP contribution >= 0.6 is 15.9 Å². The second-order valence-electron chi connectivity index (χ2n) is 7.86. The quantitative estimate of drug-likeness (QED) is 0.302. The van der Waals surface area contributed by atoms with E-state index < -0.39 is 5.97 Å². The number of anilines is 1. The first-order valence-corrected chi connectivity index (χ1v) is 11.7. The Kier molecular flexibility index (Phi) is 6.93. The van der Waals surface area contributed by atoms with Gasteiger partial charge >= 0.3 is 5.97 Å². The number of nitrogens with one attached hydrogen (secondary N) is 1. The van der Waals surface area contributed by atoms with Crippen molar-refractivity contribution in [3.05, 3.63) is 94.1 Å². The van der Waals surface area contributed by atoms with E-state index in [-0.39, 0.29) is 5.91 Å². The summed E-state index contributed by atoms with van der Waals surface area (Å²) in [5.74, 6) is -0.245. The summed E-state index contributed by atoms with van der Waals surface area (Å²) in [4.78, 5) is 24.5. The molecule has 0 aliphatic heterocycles. The van der Waals surface area contributed by atoms with Crippen LogP contribution in [0.2, 0.25) is 0 Å². The van der Waals surface area contributed by atoms with Gasteiger partial charge in [0.15, 0.2) is 0 Å². The van der Waals surface area contributed by atoms with Crippen LogP contribution in [0.15, 0.2) is 77.3 Å². The highest BCUT2D eigenvalue weighted by molar-refractivity contribution is 9.10. The van der Waals surface area contributed by atoms with Gasteiger partial charge in [-0.25, -0.2) is 0 Å². The maximum atomic E-state index is 12.6. The summed E-state index contributed by atoms with van der Waals surface area (Å²) in [7, 11) is 0. The largest absolute Gasteiger partial charge is 0.407 e. The molecule has 0 radical (unpaired) electrons. The van der Waals surface area contributed by atoms with Gasteiger partial charge < -0.3 is 10.1 Å². The van der Waals surface area contributed by atoms with Crippen LogP contribution in [0.4, 0.5) is 5.69 Å². The highest BCUT2D eigenvalue weighted by Crippen LogP contribution is 2.36. The number of amides is 1. The molecule has 3 aromatic carbocycles. The van der Waals surface area contributed by atoms with Crippen molar-refractivity contribution in [3.63, 3.8) is 0 Å². The van der Waals surface area contributed by atoms with Gasteiger partial charge in [-0.05, 0) is 61.4 Å². The second kappa shape index (κ2) is 10.1. The number of ether oxygens (including phenoxy) is 1. The van der Waals surface area contributed by atoms with E-state index in [4.69, 9.17) is 9.84 Å². The van der Waals surface area contributed by atoms with Crippen LogP contribution in [0.1, 0.15) is 35.5 Å². The Hall–Kier alpha value is -3.71. The predicted molar refractivity (Wildman–Crippen MR) is 137 cm³/mol. The molecule has 0 bridgehead atoms. The van der Waals surface area contributed by atoms with Gasteiger partial charge in [-0.2, -0.15) is 9.78 Å². The molecular weight excluding hydrogens is 494 g/mol. The van der Waals surface area contributed by atoms with Crippen molar-refractivity contribution < 1.29 is 14.3 Å². The minimum atomic E-state index is -0.421. The highest BCUT2D eigenvalue weighted by Gasteiger charge is 2.22. The molecule has 7 heteroatoms. The number of nitrogens with zero attached hydrogens (tertiary/aromatic N) is 2. The zero-order valence-corrected chi connectivity index (χ0v) is 20.7. The van der Waals surface area contributed by atoms with Crippen LogP contribution < -0.4 is 10.1 Å². The Balaban J connectivity index is 1.69. The van der Waals surface area contributed by atoms with Gasteiger partial charge in [0.25, 0.3) is 5.91 Å². The van der Waals surface area contributed by atoms with E-state index in [9.17, 15) is 9.59 Å². The summed E-state index contributed by atoms with van der Waals surface area (Å²) in [6.07, 6.45) is 0.657. The molecule has 0 spiro atoms. The van der Waals surface area contributed by atoms with Crippen LogP contribution in [0.5, 0.6) is 5.88 Å². The van der Waals surface area contributed by atoms with Crippen molar-refractivity contribution in [1.29, 1.82) is 0 Å². The molecule has 0 aliphatic carbocycles. The Labute approximate surface area is 206 Å². The number of benzene rings is 3. The summed E-state index contributed by atoms with van der Waals surface area (Å²) in [6, 6.07) is 22.5. The lowest BCUT2D eigenvalue weighted by atomic mass is 10.0. The first-order chi connectivity index (χ1) is 16.4. The van der Waals surface area contributed by atoms with Crippen molar-refractivity contribution in [2.75, 3.05) is 5.32 Å². The van der Waals surface area contributed by atoms with E-state index in [1.807, 2.05) is 74.5 Å². The van der Waals surface area contributed by atoms with Gasteiger partial charge in [0.2, 0.25) is 5.88 Å². The maximum absolute atomic E-state index is 12.6. The standard InChI is InChI=1S/C27H24BrN3O3/c1-4-24-25(27(34-18(3)32)31(30-24)23-14-8-17(2)9-15-23)19-10-12-22(13-11-19)29-26(33)20-6-5-7-21(28)16-20/h5-16H,4H2,1-3H3,(H,29,33). The molecule has 1 aromatic heterocycles. The lowest BCUT2D eigenvalue weighted by molar-refractivity contribution is -0.132. The molecule has 6 nitrogen and oxygen atoms in total. The smallest absolute Gasteiger partial charge is 0.309 e. The molecule has 0 atom stereocenters. The van der Waals surface area contributed by atoms with Gasteiger partial charge in [-0.15, -0.1) is 0 Å². The average Bonchev–Trinajstić information content (AvgIpc) is 3.17. The molecule has 172 valence electrons. The van der Waals surface area contributed by atoms with Crippen LogP contribution in [-0.2, 0) is 11.2 Å².